The minimum Gasteiger partial charge on any atom is -0.497 e. The van der Waals surface area contributed by atoms with E-state index >= 15 is 0 Å². The van der Waals surface area contributed by atoms with Gasteiger partial charge in [0.1, 0.15) is 18.1 Å². The number of carbonyl (C=O) groups is 2. The molecule has 0 aliphatic carbocycles. The molecule has 1 fully saturated rings. The average Bonchev–Trinajstić information content (AvgIpc) is 3.17. The second-order valence-electron chi connectivity index (χ2n) is 11.1. The summed E-state index contributed by atoms with van der Waals surface area (Å²) >= 11 is 6.18. The molecule has 1 atom stereocenters. The van der Waals surface area contributed by atoms with Gasteiger partial charge in [-0.1, -0.05) is 29.8 Å². The van der Waals surface area contributed by atoms with Crippen molar-refractivity contribution >= 4 is 23.4 Å². The van der Waals surface area contributed by atoms with Crippen LogP contribution in [0.3, 0.4) is 0 Å². The maximum atomic E-state index is 14.2. The number of rotatable bonds is 7. The Morgan fingerprint density at radius 3 is 2.53 bits per heavy atom. The van der Waals surface area contributed by atoms with Crippen molar-refractivity contribution in [2.45, 2.75) is 51.2 Å². The predicted octanol–water partition coefficient (Wildman–Crippen LogP) is 2.62. The van der Waals surface area contributed by atoms with E-state index in [2.05, 4.69) is 0 Å². The number of aromatic nitrogens is 2. The van der Waals surface area contributed by atoms with Crippen molar-refractivity contribution in [2.75, 3.05) is 33.3 Å². The summed E-state index contributed by atoms with van der Waals surface area (Å²) in [5.74, 6) is -0.172. The smallest absolute Gasteiger partial charge is 0.331 e. The predicted molar refractivity (Wildman–Crippen MR) is 161 cm³/mol. The van der Waals surface area contributed by atoms with Crippen LogP contribution in [0.1, 0.15) is 36.9 Å². The Morgan fingerprint density at radius 1 is 1.09 bits per heavy atom. The Labute approximate surface area is 253 Å². The number of benzene rings is 2. The average molecular weight is 612 g/mol. The maximum absolute atomic E-state index is 14.2. The van der Waals surface area contributed by atoms with E-state index in [0.29, 0.717) is 38.9 Å². The fraction of sp³-hybridized carbons (Fsp3) is 0.419. The van der Waals surface area contributed by atoms with Gasteiger partial charge in [-0.3, -0.25) is 23.5 Å². The highest BCUT2D eigenvalue weighted by Crippen LogP contribution is 2.28. The summed E-state index contributed by atoms with van der Waals surface area (Å²) in [7, 11) is 1.62. The molecule has 1 saturated heterocycles. The highest BCUT2D eigenvalue weighted by molar-refractivity contribution is 6.33. The Kier molecular flexibility index (Phi) is 9.03. The summed E-state index contributed by atoms with van der Waals surface area (Å²) < 4.78 is 21.7. The molecule has 3 heterocycles. The lowest BCUT2D eigenvalue weighted by molar-refractivity contribution is -0.136. The number of hydrogen-bond donors (Lipinski definition) is 1. The van der Waals surface area contributed by atoms with Crippen LogP contribution >= 0.6 is 11.6 Å². The molecule has 10 nitrogen and oxygen atoms in total. The monoisotopic (exact) mass is 611 g/mol. The van der Waals surface area contributed by atoms with Gasteiger partial charge < -0.3 is 20.3 Å². The second-order valence-corrected chi connectivity index (χ2v) is 11.5. The summed E-state index contributed by atoms with van der Waals surface area (Å²) in [5.41, 5.74) is 6.66. The molecule has 3 aromatic rings. The first kappa shape index (κ1) is 30.5. The van der Waals surface area contributed by atoms with Crippen molar-refractivity contribution in [2.24, 2.45) is 5.73 Å². The number of nitrogens with two attached hydrogens (primary N) is 1. The zero-order valence-corrected chi connectivity index (χ0v) is 25.0. The first-order valence-electron chi connectivity index (χ1n) is 14.4. The fourth-order valence-corrected chi connectivity index (χ4v) is 6.18. The van der Waals surface area contributed by atoms with E-state index in [9.17, 15) is 23.6 Å². The summed E-state index contributed by atoms with van der Waals surface area (Å²) in [5, 5.41) is -0.254. The van der Waals surface area contributed by atoms with Crippen LogP contribution < -0.4 is 21.7 Å². The molecular weight excluding hydrogens is 577 g/mol. The standard InChI is InChI=1S/C31H35ClFN5O5/c1-19(16-34)38-30(41)25(24-4-3-5-26(33)29(24)32)17-36(31(38)42)18-28(40)35-11-9-22(10-12-35)37-13-8-21-14-23(43-2)7-6-20(21)15-27(37)39/h3-7,14,17,19,22H,8-13,15-16,18,34H2,1-2H3/t19-/m0/s1. The van der Waals surface area contributed by atoms with Gasteiger partial charge in [-0.2, -0.15) is 0 Å². The van der Waals surface area contributed by atoms with Crippen LogP contribution in [0, 0.1) is 5.82 Å². The van der Waals surface area contributed by atoms with Crippen LogP contribution in [0.5, 0.6) is 5.75 Å². The third kappa shape index (κ3) is 6.09. The lowest BCUT2D eigenvalue weighted by Gasteiger charge is -2.38. The van der Waals surface area contributed by atoms with Gasteiger partial charge in [0.15, 0.2) is 0 Å². The van der Waals surface area contributed by atoms with Crippen LogP contribution in [0.4, 0.5) is 4.39 Å². The summed E-state index contributed by atoms with van der Waals surface area (Å²) in [6.45, 7) is 2.75. The molecule has 5 rings (SSSR count). The number of methoxy groups -OCH3 is 1. The van der Waals surface area contributed by atoms with Gasteiger partial charge in [-0.15, -0.1) is 0 Å². The van der Waals surface area contributed by atoms with Gasteiger partial charge in [0.25, 0.3) is 5.56 Å². The normalized spacial score (nSPS) is 16.5. The van der Waals surface area contributed by atoms with E-state index in [-0.39, 0.29) is 47.1 Å². The number of carbonyl (C=O) groups excluding carboxylic acids is 2. The zero-order chi connectivity index (χ0) is 30.8. The Hall–Kier alpha value is -3.96. The molecule has 0 bridgehead atoms. The van der Waals surface area contributed by atoms with Gasteiger partial charge >= 0.3 is 5.69 Å². The summed E-state index contributed by atoms with van der Waals surface area (Å²) in [6.07, 6.45) is 3.54. The zero-order valence-electron chi connectivity index (χ0n) is 24.2. The van der Waals surface area contributed by atoms with Crippen molar-refractivity contribution < 1.29 is 18.7 Å². The quantitative estimate of drug-likeness (QED) is 0.439. The van der Waals surface area contributed by atoms with Crippen molar-refractivity contribution in [3.05, 3.63) is 85.4 Å². The largest absolute Gasteiger partial charge is 0.497 e. The number of hydrogen-bond acceptors (Lipinski definition) is 6. The Bertz CT molecular complexity index is 1660. The first-order valence-corrected chi connectivity index (χ1v) is 14.7. The number of halogens is 2. The number of likely N-dealkylation sites (tertiary alicyclic amines) is 1. The lowest BCUT2D eigenvalue weighted by Crippen LogP contribution is -2.50. The van der Waals surface area contributed by atoms with Gasteiger partial charge in [-0.25, -0.2) is 9.18 Å². The number of ether oxygens (including phenoxy) is 1. The highest BCUT2D eigenvalue weighted by Gasteiger charge is 2.32. The molecule has 1 aromatic heterocycles. The van der Waals surface area contributed by atoms with Gasteiger partial charge in [0.05, 0.1) is 30.2 Å². The van der Waals surface area contributed by atoms with Gasteiger partial charge in [0.2, 0.25) is 11.8 Å². The number of amides is 2. The van der Waals surface area contributed by atoms with Crippen LogP contribution in [-0.4, -0.2) is 70.1 Å². The van der Waals surface area contributed by atoms with Crippen molar-refractivity contribution in [1.29, 1.82) is 0 Å². The highest BCUT2D eigenvalue weighted by atomic mass is 35.5. The van der Waals surface area contributed by atoms with Crippen molar-refractivity contribution in [3.8, 4) is 16.9 Å². The lowest BCUT2D eigenvalue weighted by atomic mass is 10.0. The van der Waals surface area contributed by atoms with Gasteiger partial charge in [0, 0.05) is 44.0 Å². The molecule has 12 heteroatoms. The van der Waals surface area contributed by atoms with Gasteiger partial charge in [-0.05, 0) is 55.5 Å². The van der Waals surface area contributed by atoms with E-state index in [1.54, 1.807) is 18.9 Å². The molecule has 2 aromatic carbocycles. The molecule has 2 amide bonds. The molecular formula is C31H35ClFN5O5. The van der Waals surface area contributed by atoms with E-state index < -0.39 is 23.1 Å². The molecule has 0 radical (unpaired) electrons. The second kappa shape index (κ2) is 12.7. The minimum atomic E-state index is -0.708. The van der Waals surface area contributed by atoms with Crippen molar-refractivity contribution in [1.82, 2.24) is 18.9 Å². The third-order valence-corrected chi connectivity index (χ3v) is 8.85. The minimum absolute atomic E-state index is 0.00418. The maximum Gasteiger partial charge on any atom is 0.331 e. The first-order chi connectivity index (χ1) is 20.6. The van der Waals surface area contributed by atoms with Crippen LogP contribution in [0.2, 0.25) is 5.02 Å². The number of nitrogens with zero attached hydrogens (tertiary/aromatic N) is 4. The number of piperidine rings is 1. The summed E-state index contributed by atoms with van der Waals surface area (Å²) in [4.78, 5) is 56.8. The van der Waals surface area contributed by atoms with E-state index in [0.717, 1.165) is 32.4 Å². The van der Waals surface area contributed by atoms with E-state index in [1.165, 1.54) is 24.4 Å². The number of fused-ring (bicyclic) bond motifs is 1. The third-order valence-electron chi connectivity index (χ3n) is 8.47. The molecule has 0 saturated carbocycles. The Balaban J connectivity index is 1.32. The van der Waals surface area contributed by atoms with E-state index in [4.69, 9.17) is 22.1 Å². The molecule has 2 aliphatic rings. The summed E-state index contributed by atoms with van der Waals surface area (Å²) in [6, 6.07) is 9.22. The molecule has 43 heavy (non-hydrogen) atoms. The van der Waals surface area contributed by atoms with Crippen molar-refractivity contribution in [3.63, 3.8) is 0 Å². The van der Waals surface area contributed by atoms with Crippen LogP contribution in [0.25, 0.3) is 11.1 Å². The topological polar surface area (TPSA) is 120 Å². The molecule has 2 N–H and O–H groups in total. The fourth-order valence-electron chi connectivity index (χ4n) is 5.95. The molecule has 2 aliphatic heterocycles. The molecule has 0 spiro atoms. The van der Waals surface area contributed by atoms with Crippen LogP contribution in [-0.2, 0) is 29.0 Å². The van der Waals surface area contributed by atoms with E-state index in [1.807, 2.05) is 23.1 Å². The molecule has 228 valence electrons. The SMILES string of the molecule is COc1ccc2c(c1)CCN(C1CCN(C(=O)Cn3cc(-c4cccc(F)c4Cl)c(=O)n([C@@H](C)CN)c3=O)CC1)C(=O)C2. The molecule has 0 unspecified atom stereocenters. The van der Waals surface area contributed by atoms with Crippen LogP contribution in [0.15, 0.2) is 52.2 Å². The Morgan fingerprint density at radius 2 is 1.84 bits per heavy atom.